The highest BCUT2D eigenvalue weighted by molar-refractivity contribution is 6.30. The summed E-state index contributed by atoms with van der Waals surface area (Å²) in [5.74, 6) is 0.207. The van der Waals surface area contributed by atoms with Crippen LogP contribution in [0.4, 0.5) is 5.69 Å². The lowest BCUT2D eigenvalue weighted by Crippen LogP contribution is -2.56. The molecule has 0 bridgehead atoms. The lowest BCUT2D eigenvalue weighted by atomic mass is 10.0. The lowest BCUT2D eigenvalue weighted by Gasteiger charge is -2.43. The second kappa shape index (κ2) is 9.35. The van der Waals surface area contributed by atoms with E-state index in [9.17, 15) is 4.79 Å². The minimum atomic E-state index is 0.133. The van der Waals surface area contributed by atoms with Crippen molar-refractivity contribution in [1.82, 2.24) is 14.5 Å². The first kappa shape index (κ1) is 20.5. The van der Waals surface area contributed by atoms with Gasteiger partial charge >= 0.3 is 0 Å². The van der Waals surface area contributed by atoms with Gasteiger partial charge in [0.2, 0.25) is 5.91 Å². The quantitative estimate of drug-likeness (QED) is 0.598. The Labute approximate surface area is 182 Å². The number of aromatic nitrogens is 2. The normalized spacial score (nSPS) is 16.7. The van der Waals surface area contributed by atoms with E-state index in [0.717, 1.165) is 42.5 Å². The molecule has 1 amide bonds. The van der Waals surface area contributed by atoms with Gasteiger partial charge in [0.25, 0.3) is 0 Å². The number of anilines is 1. The monoisotopic (exact) mass is 422 g/mol. The molecule has 156 valence electrons. The van der Waals surface area contributed by atoms with Crippen LogP contribution in [0, 0.1) is 6.92 Å². The number of imidazole rings is 1. The molecule has 1 aromatic heterocycles. The molecule has 4 rings (SSSR count). The lowest BCUT2D eigenvalue weighted by molar-refractivity contribution is -0.134. The SMILES string of the molecule is Cc1cn(CCC(=O)N2CCN(c3ccc(Cl)cc3)CC2Cc2ccccc2)cn1. The number of carbonyl (C=O) groups is 1. The third kappa shape index (κ3) is 5.03. The van der Waals surface area contributed by atoms with Crippen molar-refractivity contribution in [2.24, 2.45) is 0 Å². The zero-order valence-electron chi connectivity index (χ0n) is 17.2. The number of nitrogens with zero attached hydrogens (tertiary/aromatic N) is 4. The van der Waals surface area contributed by atoms with Gasteiger partial charge in [-0.15, -0.1) is 0 Å². The van der Waals surface area contributed by atoms with E-state index >= 15 is 0 Å². The van der Waals surface area contributed by atoms with Gasteiger partial charge in [0.1, 0.15) is 0 Å². The highest BCUT2D eigenvalue weighted by Gasteiger charge is 2.30. The summed E-state index contributed by atoms with van der Waals surface area (Å²) >= 11 is 6.06. The molecule has 0 aliphatic carbocycles. The number of halogens is 1. The Morgan fingerprint density at radius 2 is 1.87 bits per heavy atom. The predicted molar refractivity (Wildman–Crippen MR) is 121 cm³/mol. The zero-order chi connectivity index (χ0) is 20.9. The number of aryl methyl sites for hydroxylation is 2. The molecule has 1 unspecified atom stereocenters. The molecule has 1 saturated heterocycles. The van der Waals surface area contributed by atoms with Gasteiger partial charge in [0, 0.05) is 49.5 Å². The van der Waals surface area contributed by atoms with Crippen molar-refractivity contribution in [3.8, 4) is 0 Å². The first-order chi connectivity index (χ1) is 14.6. The Balaban J connectivity index is 1.47. The van der Waals surface area contributed by atoms with Gasteiger partial charge in [-0.3, -0.25) is 4.79 Å². The Morgan fingerprint density at radius 1 is 1.10 bits per heavy atom. The largest absolute Gasteiger partial charge is 0.368 e. The van der Waals surface area contributed by atoms with Gasteiger partial charge in [-0.05, 0) is 43.2 Å². The first-order valence-electron chi connectivity index (χ1n) is 10.4. The maximum atomic E-state index is 13.1. The van der Waals surface area contributed by atoms with E-state index in [1.807, 2.05) is 35.9 Å². The molecule has 3 aromatic rings. The maximum Gasteiger partial charge on any atom is 0.224 e. The number of carbonyl (C=O) groups excluding carboxylic acids is 1. The summed E-state index contributed by atoms with van der Waals surface area (Å²) in [6.07, 6.45) is 5.11. The van der Waals surface area contributed by atoms with Crippen LogP contribution in [0.2, 0.25) is 5.02 Å². The molecule has 6 heteroatoms. The van der Waals surface area contributed by atoms with Crippen LogP contribution in [0.1, 0.15) is 17.7 Å². The van der Waals surface area contributed by atoms with Crippen molar-refractivity contribution in [1.29, 1.82) is 0 Å². The molecule has 2 aromatic carbocycles. The number of rotatable bonds is 6. The van der Waals surface area contributed by atoms with Gasteiger partial charge in [-0.25, -0.2) is 4.98 Å². The summed E-state index contributed by atoms with van der Waals surface area (Å²) in [6.45, 7) is 4.98. The Hall–Kier alpha value is -2.79. The fourth-order valence-electron chi connectivity index (χ4n) is 4.09. The van der Waals surface area contributed by atoms with E-state index in [2.05, 4.69) is 51.2 Å². The number of benzene rings is 2. The van der Waals surface area contributed by atoms with Crippen LogP contribution in [0.3, 0.4) is 0 Å². The highest BCUT2D eigenvalue weighted by atomic mass is 35.5. The molecular weight excluding hydrogens is 396 g/mol. The van der Waals surface area contributed by atoms with Gasteiger partial charge in [0.15, 0.2) is 0 Å². The van der Waals surface area contributed by atoms with Crippen molar-refractivity contribution in [2.45, 2.75) is 32.4 Å². The summed E-state index contributed by atoms with van der Waals surface area (Å²) in [7, 11) is 0. The smallest absolute Gasteiger partial charge is 0.224 e. The minimum Gasteiger partial charge on any atom is -0.368 e. The zero-order valence-corrected chi connectivity index (χ0v) is 18.0. The molecule has 1 aliphatic heterocycles. The molecule has 30 heavy (non-hydrogen) atoms. The van der Waals surface area contributed by atoms with Gasteiger partial charge in [-0.1, -0.05) is 41.9 Å². The third-order valence-corrected chi connectivity index (χ3v) is 5.91. The summed E-state index contributed by atoms with van der Waals surface area (Å²) in [4.78, 5) is 21.8. The number of hydrogen-bond acceptors (Lipinski definition) is 3. The van der Waals surface area contributed by atoms with Crippen LogP contribution in [0.5, 0.6) is 0 Å². The second-order valence-corrected chi connectivity index (χ2v) is 8.29. The molecule has 5 nitrogen and oxygen atoms in total. The third-order valence-electron chi connectivity index (χ3n) is 5.66. The average Bonchev–Trinajstić information content (AvgIpc) is 3.18. The van der Waals surface area contributed by atoms with Crippen LogP contribution in [-0.2, 0) is 17.8 Å². The van der Waals surface area contributed by atoms with Crippen molar-refractivity contribution >= 4 is 23.2 Å². The van der Waals surface area contributed by atoms with Gasteiger partial charge < -0.3 is 14.4 Å². The van der Waals surface area contributed by atoms with Crippen LogP contribution in [-0.4, -0.2) is 46.0 Å². The molecule has 0 saturated carbocycles. The topological polar surface area (TPSA) is 41.4 Å². The second-order valence-electron chi connectivity index (χ2n) is 7.86. The van der Waals surface area contributed by atoms with E-state index in [1.165, 1.54) is 5.56 Å². The van der Waals surface area contributed by atoms with Crippen molar-refractivity contribution in [2.75, 3.05) is 24.5 Å². The molecular formula is C24H27ClN4O. The van der Waals surface area contributed by atoms with Crippen LogP contribution in [0.25, 0.3) is 0 Å². The fourth-order valence-corrected chi connectivity index (χ4v) is 4.22. The molecule has 1 aliphatic rings. The molecule has 0 radical (unpaired) electrons. The average molecular weight is 423 g/mol. The number of piperazine rings is 1. The Bertz CT molecular complexity index is 970. The highest BCUT2D eigenvalue weighted by Crippen LogP contribution is 2.23. The van der Waals surface area contributed by atoms with E-state index in [1.54, 1.807) is 6.33 Å². The van der Waals surface area contributed by atoms with Gasteiger partial charge in [0.05, 0.1) is 18.1 Å². The molecule has 0 N–H and O–H groups in total. The molecule has 0 spiro atoms. The van der Waals surface area contributed by atoms with Crippen LogP contribution < -0.4 is 4.90 Å². The fraction of sp³-hybridized carbons (Fsp3) is 0.333. The first-order valence-corrected chi connectivity index (χ1v) is 10.8. The van der Waals surface area contributed by atoms with Crippen molar-refractivity contribution < 1.29 is 4.79 Å². The van der Waals surface area contributed by atoms with E-state index in [0.29, 0.717) is 13.0 Å². The predicted octanol–water partition coefficient (Wildman–Crippen LogP) is 4.20. The Morgan fingerprint density at radius 3 is 2.57 bits per heavy atom. The van der Waals surface area contributed by atoms with E-state index in [-0.39, 0.29) is 11.9 Å². The Kier molecular flexibility index (Phi) is 6.38. The van der Waals surface area contributed by atoms with Crippen LogP contribution >= 0.6 is 11.6 Å². The minimum absolute atomic E-state index is 0.133. The van der Waals surface area contributed by atoms with Crippen molar-refractivity contribution in [3.05, 3.63) is 83.4 Å². The van der Waals surface area contributed by atoms with E-state index < -0.39 is 0 Å². The number of hydrogen-bond donors (Lipinski definition) is 0. The molecule has 1 fully saturated rings. The standard InChI is InChI=1S/C24H27ClN4O/c1-19-16-27(18-26-19)12-11-24(30)29-14-13-28(22-9-7-21(25)8-10-22)17-23(29)15-20-5-3-2-4-6-20/h2-10,16,18,23H,11-15,17H2,1H3. The van der Waals surface area contributed by atoms with Crippen molar-refractivity contribution in [3.63, 3.8) is 0 Å². The summed E-state index contributed by atoms with van der Waals surface area (Å²) in [5, 5.41) is 0.739. The maximum absolute atomic E-state index is 13.1. The summed E-state index contributed by atoms with van der Waals surface area (Å²) in [5.41, 5.74) is 3.38. The summed E-state index contributed by atoms with van der Waals surface area (Å²) < 4.78 is 1.99. The molecule has 1 atom stereocenters. The summed E-state index contributed by atoms with van der Waals surface area (Å²) in [6, 6.07) is 18.5. The molecule has 2 heterocycles. The van der Waals surface area contributed by atoms with E-state index in [4.69, 9.17) is 11.6 Å². The van der Waals surface area contributed by atoms with Crippen LogP contribution in [0.15, 0.2) is 67.1 Å². The number of amides is 1. The van der Waals surface area contributed by atoms with Gasteiger partial charge in [-0.2, -0.15) is 0 Å².